The van der Waals surface area contributed by atoms with E-state index in [-0.39, 0.29) is 5.97 Å². The number of halogens is 2. The molecule has 0 saturated carbocycles. The molecule has 2 aromatic carbocycles. The lowest BCUT2D eigenvalue weighted by molar-refractivity contribution is 0.0599. The van der Waals surface area contributed by atoms with Crippen molar-refractivity contribution in [2.75, 3.05) is 7.11 Å². The Morgan fingerprint density at radius 3 is 1.70 bits per heavy atom. The van der Waals surface area contributed by atoms with Crippen molar-refractivity contribution in [2.24, 2.45) is 0 Å². The molecule has 0 atom stereocenters. The molecule has 0 aliphatic heterocycles. The molecule has 0 aliphatic rings. The van der Waals surface area contributed by atoms with Crippen molar-refractivity contribution in [3.05, 3.63) is 68.7 Å². The molecule has 0 amide bonds. The van der Waals surface area contributed by atoms with Gasteiger partial charge in [-0.25, -0.2) is 9.59 Å². The van der Waals surface area contributed by atoms with Crippen LogP contribution in [-0.4, -0.2) is 24.2 Å². The third-order valence-electron chi connectivity index (χ3n) is 3.01. The van der Waals surface area contributed by atoms with Crippen molar-refractivity contribution in [3.63, 3.8) is 0 Å². The molecule has 2 rings (SSSR count). The van der Waals surface area contributed by atoms with Crippen LogP contribution in [0, 0.1) is 13.8 Å². The Bertz CT molecular complexity index is 727. The zero-order valence-electron chi connectivity index (χ0n) is 12.9. The smallest absolute Gasteiger partial charge is 0.338 e. The van der Waals surface area contributed by atoms with Gasteiger partial charge < -0.3 is 9.84 Å². The summed E-state index contributed by atoms with van der Waals surface area (Å²) in [5, 5.41) is 9.80. The quantitative estimate of drug-likeness (QED) is 0.788. The number of methoxy groups -OCH3 is 1. The molecule has 0 bridgehead atoms. The predicted molar refractivity (Wildman–Crippen MR) is 90.7 cm³/mol. The van der Waals surface area contributed by atoms with Gasteiger partial charge in [-0.1, -0.05) is 23.2 Å². The third kappa shape index (κ3) is 5.58. The summed E-state index contributed by atoms with van der Waals surface area (Å²) in [6, 6.07) is 9.75. The maximum atomic E-state index is 11.1. The van der Waals surface area contributed by atoms with Crippen LogP contribution in [0.4, 0.5) is 0 Å². The first-order valence-electron chi connectivity index (χ1n) is 6.60. The second-order valence-corrected chi connectivity index (χ2v) is 5.59. The molecule has 0 radical (unpaired) electrons. The Morgan fingerprint density at radius 2 is 1.35 bits per heavy atom. The summed E-state index contributed by atoms with van der Waals surface area (Å²) in [4.78, 5) is 21.6. The molecule has 0 spiro atoms. The van der Waals surface area contributed by atoms with Gasteiger partial charge in [-0.2, -0.15) is 0 Å². The van der Waals surface area contributed by atoms with Gasteiger partial charge in [0.25, 0.3) is 0 Å². The number of aryl methyl sites for hydroxylation is 2. The lowest BCUT2D eigenvalue weighted by atomic mass is 10.1. The van der Waals surface area contributed by atoms with E-state index in [0.717, 1.165) is 5.56 Å². The molecule has 0 aromatic heterocycles. The molecule has 122 valence electrons. The average molecular weight is 355 g/mol. The molecule has 2 aromatic rings. The summed E-state index contributed by atoms with van der Waals surface area (Å²) in [5.74, 6) is -1.25. The first kappa shape index (κ1) is 19.0. The van der Waals surface area contributed by atoms with Crippen LogP contribution in [0.1, 0.15) is 31.8 Å². The zero-order valence-corrected chi connectivity index (χ0v) is 14.4. The van der Waals surface area contributed by atoms with Crippen LogP contribution in [0.25, 0.3) is 0 Å². The van der Waals surface area contributed by atoms with Gasteiger partial charge in [0.1, 0.15) is 0 Å². The highest BCUT2D eigenvalue weighted by atomic mass is 35.5. The Morgan fingerprint density at radius 1 is 0.913 bits per heavy atom. The van der Waals surface area contributed by atoms with Gasteiger partial charge in [0.15, 0.2) is 0 Å². The van der Waals surface area contributed by atoms with Crippen molar-refractivity contribution >= 4 is 35.1 Å². The van der Waals surface area contributed by atoms with Crippen molar-refractivity contribution in [1.29, 1.82) is 0 Å². The molecular formula is C17H16Cl2O4. The third-order valence-corrected chi connectivity index (χ3v) is 3.48. The largest absolute Gasteiger partial charge is 0.478 e. The molecule has 0 unspecified atom stereocenters. The normalized spacial score (nSPS) is 9.61. The number of aromatic carboxylic acids is 1. The topological polar surface area (TPSA) is 63.6 Å². The Balaban J connectivity index is 0.000000231. The fraction of sp³-hybridized carbons (Fsp3) is 0.176. The van der Waals surface area contributed by atoms with Crippen LogP contribution < -0.4 is 0 Å². The summed E-state index contributed by atoms with van der Waals surface area (Å²) in [6.45, 7) is 3.54. The summed E-state index contributed by atoms with van der Waals surface area (Å²) < 4.78 is 4.57. The minimum absolute atomic E-state index is 0.300. The van der Waals surface area contributed by atoms with E-state index in [1.807, 2.05) is 6.92 Å². The van der Waals surface area contributed by atoms with Crippen LogP contribution >= 0.6 is 23.2 Å². The molecule has 0 fully saturated rings. The number of hydrogen-bond donors (Lipinski definition) is 1. The molecule has 0 heterocycles. The Kier molecular flexibility index (Phi) is 7.07. The van der Waals surface area contributed by atoms with E-state index in [4.69, 9.17) is 28.3 Å². The molecule has 0 aliphatic carbocycles. The maximum Gasteiger partial charge on any atom is 0.338 e. The van der Waals surface area contributed by atoms with E-state index in [0.29, 0.717) is 26.7 Å². The minimum atomic E-state index is -0.917. The zero-order chi connectivity index (χ0) is 17.6. The molecule has 0 saturated heterocycles. The van der Waals surface area contributed by atoms with Crippen LogP contribution in [-0.2, 0) is 4.74 Å². The lowest BCUT2D eigenvalue weighted by Crippen LogP contribution is -2.03. The van der Waals surface area contributed by atoms with E-state index < -0.39 is 5.97 Å². The first-order valence-corrected chi connectivity index (χ1v) is 7.35. The number of carbonyl (C=O) groups is 2. The molecule has 23 heavy (non-hydrogen) atoms. The minimum Gasteiger partial charge on any atom is -0.478 e. The standard InChI is InChI=1S/C9H9ClO2.C8H7ClO2/c1-6-5-7(10)3-4-8(6)9(11)12-2;1-5-4-6(9)2-3-7(5)8(10)11/h3-5H,1-2H3;2-4H,1H3,(H,10,11). The fourth-order valence-electron chi connectivity index (χ4n) is 1.83. The van der Waals surface area contributed by atoms with Gasteiger partial charge in [-0.05, 0) is 61.4 Å². The number of hydrogen-bond acceptors (Lipinski definition) is 3. The SMILES string of the molecule is COC(=O)c1ccc(Cl)cc1C.Cc1cc(Cl)ccc1C(=O)O. The number of ether oxygens (including phenoxy) is 1. The highest BCUT2D eigenvalue weighted by molar-refractivity contribution is 6.31. The number of esters is 1. The van der Waals surface area contributed by atoms with Crippen LogP contribution in [0.3, 0.4) is 0 Å². The van der Waals surface area contributed by atoms with Gasteiger partial charge in [0, 0.05) is 10.0 Å². The fourth-order valence-corrected chi connectivity index (χ4v) is 2.29. The second kappa shape index (κ2) is 8.56. The molecular weight excluding hydrogens is 339 g/mol. The highest BCUT2D eigenvalue weighted by Crippen LogP contribution is 2.16. The van der Waals surface area contributed by atoms with Crippen LogP contribution in [0.2, 0.25) is 10.0 Å². The Labute approximate surface area is 144 Å². The van der Waals surface area contributed by atoms with E-state index in [2.05, 4.69) is 4.74 Å². The molecule has 4 nitrogen and oxygen atoms in total. The van der Waals surface area contributed by atoms with Gasteiger partial charge in [0.2, 0.25) is 0 Å². The monoisotopic (exact) mass is 354 g/mol. The van der Waals surface area contributed by atoms with Gasteiger partial charge in [0.05, 0.1) is 18.2 Å². The lowest BCUT2D eigenvalue weighted by Gasteiger charge is -2.02. The summed E-state index contributed by atoms with van der Waals surface area (Å²) in [5.41, 5.74) is 2.37. The van der Waals surface area contributed by atoms with E-state index in [1.165, 1.54) is 13.2 Å². The number of benzene rings is 2. The number of carboxylic acid groups (broad SMARTS) is 1. The van der Waals surface area contributed by atoms with Crippen LogP contribution in [0.5, 0.6) is 0 Å². The Hall–Kier alpha value is -2.04. The van der Waals surface area contributed by atoms with Gasteiger partial charge in [-0.15, -0.1) is 0 Å². The van der Waals surface area contributed by atoms with Crippen molar-refractivity contribution in [2.45, 2.75) is 13.8 Å². The van der Waals surface area contributed by atoms with Gasteiger partial charge >= 0.3 is 11.9 Å². The first-order chi connectivity index (χ1) is 10.8. The summed E-state index contributed by atoms with van der Waals surface area (Å²) >= 11 is 11.3. The number of carbonyl (C=O) groups excluding carboxylic acids is 1. The second-order valence-electron chi connectivity index (χ2n) is 4.72. The summed E-state index contributed by atoms with van der Waals surface area (Å²) in [6.07, 6.45) is 0. The molecule has 1 N–H and O–H groups in total. The average Bonchev–Trinajstić information content (AvgIpc) is 2.46. The van der Waals surface area contributed by atoms with E-state index in [9.17, 15) is 9.59 Å². The highest BCUT2D eigenvalue weighted by Gasteiger charge is 2.08. The number of rotatable bonds is 2. The van der Waals surface area contributed by atoms with E-state index in [1.54, 1.807) is 37.3 Å². The van der Waals surface area contributed by atoms with Crippen molar-refractivity contribution in [3.8, 4) is 0 Å². The molecule has 6 heteroatoms. The van der Waals surface area contributed by atoms with Crippen molar-refractivity contribution in [1.82, 2.24) is 0 Å². The summed E-state index contributed by atoms with van der Waals surface area (Å²) in [7, 11) is 1.36. The predicted octanol–water partition coefficient (Wildman–Crippen LogP) is 4.78. The van der Waals surface area contributed by atoms with Crippen molar-refractivity contribution < 1.29 is 19.4 Å². The number of carboxylic acids is 1. The van der Waals surface area contributed by atoms with E-state index >= 15 is 0 Å². The maximum absolute atomic E-state index is 11.1. The van der Waals surface area contributed by atoms with Gasteiger partial charge in [-0.3, -0.25) is 0 Å². The van der Waals surface area contributed by atoms with Crippen LogP contribution in [0.15, 0.2) is 36.4 Å².